The van der Waals surface area contributed by atoms with Gasteiger partial charge in [0.2, 0.25) is 11.8 Å². The number of amides is 2. The number of nitrogens with one attached hydrogen (secondary N) is 2. The summed E-state index contributed by atoms with van der Waals surface area (Å²) in [5, 5.41) is 6.25. The zero-order valence-electron chi connectivity index (χ0n) is 13.3. The lowest BCUT2D eigenvalue weighted by atomic mass is 10.2. The molecule has 0 aromatic heterocycles. The standard InChI is InChI=1S/C18H19ClN2O2S/c1-13(22)21-15-6-8-16(9-7-15)24-11-10-18(23)20-12-14-4-2-3-5-17(14)19/h2-9H,10-12H2,1H3,(H,20,23)(H,21,22). The van der Waals surface area contributed by atoms with Gasteiger partial charge >= 0.3 is 0 Å². The highest BCUT2D eigenvalue weighted by atomic mass is 35.5. The minimum Gasteiger partial charge on any atom is -0.352 e. The number of hydrogen-bond donors (Lipinski definition) is 2. The van der Waals surface area contributed by atoms with E-state index in [4.69, 9.17) is 11.6 Å². The zero-order valence-corrected chi connectivity index (χ0v) is 14.9. The third-order valence-electron chi connectivity index (χ3n) is 3.21. The molecule has 0 aliphatic heterocycles. The van der Waals surface area contributed by atoms with Gasteiger partial charge in [-0.3, -0.25) is 9.59 Å². The van der Waals surface area contributed by atoms with Crippen molar-refractivity contribution in [2.45, 2.75) is 24.8 Å². The molecule has 0 unspecified atom stereocenters. The summed E-state index contributed by atoms with van der Waals surface area (Å²) >= 11 is 7.66. The molecule has 24 heavy (non-hydrogen) atoms. The van der Waals surface area contributed by atoms with Crippen LogP contribution in [0.1, 0.15) is 18.9 Å². The number of benzene rings is 2. The second-order valence-corrected chi connectivity index (χ2v) is 6.75. The minimum absolute atomic E-state index is 0.00251. The van der Waals surface area contributed by atoms with Gasteiger partial charge in [-0.1, -0.05) is 29.8 Å². The number of rotatable bonds is 7. The molecule has 4 nitrogen and oxygen atoms in total. The van der Waals surface area contributed by atoms with Crippen LogP contribution in [0, 0.1) is 0 Å². The maximum Gasteiger partial charge on any atom is 0.221 e. The highest BCUT2D eigenvalue weighted by molar-refractivity contribution is 7.99. The Morgan fingerprint density at radius 2 is 1.79 bits per heavy atom. The van der Waals surface area contributed by atoms with E-state index in [1.165, 1.54) is 6.92 Å². The summed E-state index contributed by atoms with van der Waals surface area (Å²) in [5.41, 5.74) is 1.68. The Balaban J connectivity index is 1.70. The first-order valence-corrected chi connectivity index (χ1v) is 8.91. The molecule has 2 amide bonds. The Hall–Kier alpha value is -1.98. The average molecular weight is 363 g/mol. The Kier molecular flexibility index (Phi) is 7.15. The van der Waals surface area contributed by atoms with E-state index >= 15 is 0 Å². The van der Waals surface area contributed by atoms with Crippen LogP contribution in [-0.2, 0) is 16.1 Å². The summed E-state index contributed by atoms with van der Waals surface area (Å²) < 4.78 is 0. The van der Waals surface area contributed by atoms with E-state index in [-0.39, 0.29) is 11.8 Å². The Morgan fingerprint density at radius 1 is 1.08 bits per heavy atom. The molecule has 0 saturated carbocycles. The molecule has 2 rings (SSSR count). The number of hydrogen-bond acceptors (Lipinski definition) is 3. The average Bonchev–Trinajstić information content (AvgIpc) is 2.55. The van der Waals surface area contributed by atoms with Crippen LogP contribution in [0.25, 0.3) is 0 Å². The van der Waals surface area contributed by atoms with Crippen molar-refractivity contribution in [2.24, 2.45) is 0 Å². The van der Waals surface area contributed by atoms with Crippen LogP contribution < -0.4 is 10.6 Å². The molecule has 0 heterocycles. The lowest BCUT2D eigenvalue weighted by Gasteiger charge is -2.07. The smallest absolute Gasteiger partial charge is 0.221 e. The van der Waals surface area contributed by atoms with Crippen molar-refractivity contribution in [2.75, 3.05) is 11.1 Å². The van der Waals surface area contributed by atoms with E-state index in [1.807, 2.05) is 48.5 Å². The lowest BCUT2D eigenvalue weighted by molar-refractivity contribution is -0.120. The molecule has 2 N–H and O–H groups in total. The van der Waals surface area contributed by atoms with E-state index in [2.05, 4.69) is 10.6 Å². The van der Waals surface area contributed by atoms with Crippen molar-refractivity contribution in [1.82, 2.24) is 5.32 Å². The zero-order chi connectivity index (χ0) is 17.4. The Morgan fingerprint density at radius 3 is 2.46 bits per heavy atom. The van der Waals surface area contributed by atoms with Gasteiger partial charge in [-0.2, -0.15) is 0 Å². The molecule has 2 aromatic carbocycles. The molecule has 0 bridgehead atoms. The second kappa shape index (κ2) is 9.35. The first-order valence-electron chi connectivity index (χ1n) is 7.55. The topological polar surface area (TPSA) is 58.2 Å². The van der Waals surface area contributed by atoms with Gasteiger partial charge < -0.3 is 10.6 Å². The van der Waals surface area contributed by atoms with Crippen molar-refractivity contribution in [3.05, 3.63) is 59.1 Å². The van der Waals surface area contributed by atoms with E-state index in [0.717, 1.165) is 16.1 Å². The van der Waals surface area contributed by atoms with Gasteiger partial charge in [0.25, 0.3) is 0 Å². The van der Waals surface area contributed by atoms with Crippen molar-refractivity contribution in [3.8, 4) is 0 Å². The quantitative estimate of drug-likeness (QED) is 0.729. The van der Waals surface area contributed by atoms with Gasteiger partial charge in [-0.05, 0) is 35.9 Å². The van der Waals surface area contributed by atoms with Gasteiger partial charge in [0, 0.05) is 41.2 Å². The maximum absolute atomic E-state index is 11.9. The van der Waals surface area contributed by atoms with E-state index in [1.54, 1.807) is 11.8 Å². The maximum atomic E-state index is 11.9. The van der Waals surface area contributed by atoms with E-state index in [9.17, 15) is 9.59 Å². The Labute approximate surface area is 151 Å². The molecular weight excluding hydrogens is 344 g/mol. The molecule has 0 atom stereocenters. The van der Waals surface area contributed by atoms with Crippen molar-refractivity contribution in [3.63, 3.8) is 0 Å². The molecule has 0 aliphatic rings. The first-order chi connectivity index (χ1) is 11.5. The van der Waals surface area contributed by atoms with Crippen LogP contribution in [0.2, 0.25) is 5.02 Å². The summed E-state index contributed by atoms with van der Waals surface area (Å²) in [6, 6.07) is 15.0. The number of carbonyl (C=O) groups excluding carboxylic acids is 2. The van der Waals surface area contributed by atoms with Gasteiger partial charge in [0.1, 0.15) is 0 Å². The van der Waals surface area contributed by atoms with E-state index in [0.29, 0.717) is 23.7 Å². The Bertz CT molecular complexity index is 704. The molecule has 0 spiro atoms. The first kappa shape index (κ1) is 18.4. The molecular formula is C18H19ClN2O2S. The largest absolute Gasteiger partial charge is 0.352 e. The molecule has 0 radical (unpaired) electrons. The van der Waals surface area contributed by atoms with Gasteiger partial charge in [0.05, 0.1) is 0 Å². The highest BCUT2D eigenvalue weighted by Crippen LogP contribution is 2.21. The van der Waals surface area contributed by atoms with Gasteiger partial charge in [-0.25, -0.2) is 0 Å². The van der Waals surface area contributed by atoms with Crippen molar-refractivity contribution in [1.29, 1.82) is 0 Å². The normalized spacial score (nSPS) is 10.2. The van der Waals surface area contributed by atoms with Crippen LogP contribution >= 0.6 is 23.4 Å². The molecule has 6 heteroatoms. The fourth-order valence-corrected chi connectivity index (χ4v) is 3.08. The van der Waals surface area contributed by atoms with Crippen LogP contribution in [0.15, 0.2) is 53.4 Å². The summed E-state index contributed by atoms with van der Waals surface area (Å²) in [6.07, 6.45) is 0.433. The van der Waals surface area contributed by atoms with Crippen molar-refractivity contribution >= 4 is 40.9 Å². The minimum atomic E-state index is -0.0920. The lowest BCUT2D eigenvalue weighted by Crippen LogP contribution is -2.23. The SMILES string of the molecule is CC(=O)Nc1ccc(SCCC(=O)NCc2ccccc2Cl)cc1. The van der Waals surface area contributed by atoms with E-state index < -0.39 is 0 Å². The van der Waals surface area contributed by atoms with Crippen molar-refractivity contribution < 1.29 is 9.59 Å². The van der Waals surface area contributed by atoms with Crippen LogP contribution in [-0.4, -0.2) is 17.6 Å². The molecule has 126 valence electrons. The molecule has 0 aliphatic carbocycles. The third kappa shape index (κ3) is 6.26. The summed E-state index contributed by atoms with van der Waals surface area (Å²) in [6.45, 7) is 1.92. The summed E-state index contributed by atoms with van der Waals surface area (Å²) in [4.78, 5) is 23.9. The number of halogens is 1. The number of anilines is 1. The predicted octanol–water partition coefficient (Wildman–Crippen LogP) is 4.10. The molecule has 0 fully saturated rings. The molecule has 2 aromatic rings. The van der Waals surface area contributed by atoms with Crippen LogP contribution in [0.5, 0.6) is 0 Å². The second-order valence-electron chi connectivity index (χ2n) is 5.17. The van der Waals surface area contributed by atoms with Crippen LogP contribution in [0.3, 0.4) is 0 Å². The highest BCUT2D eigenvalue weighted by Gasteiger charge is 2.04. The fraction of sp³-hybridized carbons (Fsp3) is 0.222. The van der Waals surface area contributed by atoms with Gasteiger partial charge in [-0.15, -0.1) is 11.8 Å². The number of carbonyl (C=O) groups is 2. The monoisotopic (exact) mass is 362 g/mol. The van der Waals surface area contributed by atoms with Gasteiger partial charge in [0.15, 0.2) is 0 Å². The summed E-state index contributed by atoms with van der Waals surface area (Å²) in [7, 11) is 0. The molecule has 0 saturated heterocycles. The summed E-state index contributed by atoms with van der Waals surface area (Å²) in [5.74, 6) is 0.594. The third-order valence-corrected chi connectivity index (χ3v) is 4.59. The van der Waals surface area contributed by atoms with Crippen LogP contribution in [0.4, 0.5) is 5.69 Å². The predicted molar refractivity (Wildman–Crippen MR) is 99.4 cm³/mol. The number of thioether (sulfide) groups is 1. The fourth-order valence-electron chi connectivity index (χ4n) is 2.02.